The van der Waals surface area contributed by atoms with E-state index < -0.39 is 0 Å². The van der Waals surface area contributed by atoms with Gasteiger partial charge in [-0.25, -0.2) is 4.98 Å². The normalized spacial score (nSPS) is 11.4. The molecular formula is C20H17IN4S. The first-order valence-electron chi connectivity index (χ1n) is 8.36. The summed E-state index contributed by atoms with van der Waals surface area (Å²) in [6, 6.07) is 8.51. The number of H-pyrrole nitrogens is 1. The van der Waals surface area contributed by atoms with Crippen LogP contribution in [0, 0.1) is 21.1 Å². The predicted octanol–water partition coefficient (Wildman–Crippen LogP) is 6.43. The summed E-state index contributed by atoms with van der Waals surface area (Å²) in [5, 5.41) is 15.5. The van der Waals surface area contributed by atoms with E-state index in [0.717, 1.165) is 32.7 Å². The zero-order chi connectivity index (χ0) is 18.4. The Morgan fingerprint density at radius 1 is 1.31 bits per heavy atom. The molecule has 0 radical (unpaired) electrons. The van der Waals surface area contributed by atoms with E-state index in [2.05, 4.69) is 82.9 Å². The molecule has 130 valence electrons. The monoisotopic (exact) mass is 472 g/mol. The summed E-state index contributed by atoms with van der Waals surface area (Å²) in [6.07, 6.45) is 3.62. The summed E-state index contributed by atoms with van der Waals surface area (Å²) in [5.41, 5.74) is 5.98. The van der Waals surface area contributed by atoms with Gasteiger partial charge >= 0.3 is 0 Å². The van der Waals surface area contributed by atoms with Crippen molar-refractivity contribution in [3.63, 3.8) is 0 Å². The number of aryl methyl sites for hydroxylation is 1. The number of rotatable bonds is 3. The Hall–Kier alpha value is -2.11. The average molecular weight is 472 g/mol. The minimum absolute atomic E-state index is 0.361. The van der Waals surface area contributed by atoms with Crippen LogP contribution in [0.3, 0.4) is 0 Å². The van der Waals surface area contributed by atoms with Crippen molar-refractivity contribution in [3.8, 4) is 6.07 Å². The van der Waals surface area contributed by atoms with Gasteiger partial charge in [-0.15, -0.1) is 11.3 Å². The predicted molar refractivity (Wildman–Crippen MR) is 117 cm³/mol. The van der Waals surface area contributed by atoms with Crippen molar-refractivity contribution in [3.05, 3.63) is 50.2 Å². The summed E-state index contributed by atoms with van der Waals surface area (Å²) >= 11 is 4.06. The molecule has 3 aromatic heterocycles. The minimum atomic E-state index is 0.361. The lowest BCUT2D eigenvalue weighted by Crippen LogP contribution is -2.00. The highest BCUT2D eigenvalue weighted by Crippen LogP contribution is 2.42. The van der Waals surface area contributed by atoms with E-state index >= 15 is 0 Å². The second-order valence-electron chi connectivity index (χ2n) is 6.59. The van der Waals surface area contributed by atoms with Gasteiger partial charge in [0.15, 0.2) is 0 Å². The third-order valence-corrected chi connectivity index (χ3v) is 6.82. The van der Waals surface area contributed by atoms with E-state index in [1.165, 1.54) is 13.8 Å². The van der Waals surface area contributed by atoms with Crippen LogP contribution in [0.4, 0.5) is 11.4 Å². The van der Waals surface area contributed by atoms with Crippen LogP contribution in [0.2, 0.25) is 0 Å². The third kappa shape index (κ3) is 2.66. The van der Waals surface area contributed by atoms with Crippen molar-refractivity contribution < 1.29 is 0 Å². The van der Waals surface area contributed by atoms with Gasteiger partial charge in [0.1, 0.15) is 10.9 Å². The third-order valence-electron chi connectivity index (χ3n) is 4.67. The van der Waals surface area contributed by atoms with E-state index in [0.29, 0.717) is 11.5 Å². The van der Waals surface area contributed by atoms with E-state index in [1.54, 1.807) is 17.5 Å². The second-order valence-corrected chi connectivity index (χ2v) is 9.39. The fourth-order valence-electron chi connectivity index (χ4n) is 3.34. The Morgan fingerprint density at radius 2 is 2.12 bits per heavy atom. The van der Waals surface area contributed by atoms with Gasteiger partial charge in [0.05, 0.1) is 14.1 Å². The number of pyridine rings is 1. The molecule has 26 heavy (non-hydrogen) atoms. The lowest BCUT2D eigenvalue weighted by atomic mass is 10.0. The molecule has 0 saturated heterocycles. The number of fused-ring (bicyclic) bond motifs is 2. The smallest absolute Gasteiger partial charge is 0.126 e. The number of aromatic nitrogens is 2. The summed E-state index contributed by atoms with van der Waals surface area (Å²) in [4.78, 5) is 8.74. The van der Waals surface area contributed by atoms with Crippen LogP contribution in [0.25, 0.3) is 21.1 Å². The molecule has 2 N–H and O–H groups in total. The number of hydrogen-bond donors (Lipinski definition) is 2. The molecule has 0 unspecified atom stereocenters. The number of halogens is 1. The number of nitrogens with zero attached hydrogens (tertiary/aromatic N) is 2. The summed E-state index contributed by atoms with van der Waals surface area (Å²) < 4.78 is 1.23. The topological polar surface area (TPSA) is 64.5 Å². The molecule has 3 heterocycles. The Kier molecular flexibility index (Phi) is 4.37. The highest BCUT2D eigenvalue weighted by atomic mass is 127. The highest BCUT2D eigenvalue weighted by molar-refractivity contribution is 14.1. The van der Waals surface area contributed by atoms with Gasteiger partial charge in [0.2, 0.25) is 0 Å². The summed E-state index contributed by atoms with van der Waals surface area (Å²) in [7, 11) is 0. The molecule has 0 spiro atoms. The van der Waals surface area contributed by atoms with Crippen LogP contribution in [0.15, 0.2) is 30.6 Å². The number of nitriles is 1. The van der Waals surface area contributed by atoms with Gasteiger partial charge in [0, 0.05) is 34.4 Å². The Morgan fingerprint density at radius 3 is 2.85 bits per heavy atom. The molecule has 0 amide bonds. The second kappa shape index (κ2) is 6.56. The minimum Gasteiger partial charge on any atom is -0.361 e. The van der Waals surface area contributed by atoms with Crippen molar-refractivity contribution in [2.45, 2.75) is 26.7 Å². The molecule has 4 aromatic rings. The van der Waals surface area contributed by atoms with Gasteiger partial charge in [0.25, 0.3) is 0 Å². The van der Waals surface area contributed by atoms with Crippen molar-refractivity contribution in [2.75, 3.05) is 5.32 Å². The number of hydrogen-bond acceptors (Lipinski definition) is 4. The number of aromatic amines is 1. The molecule has 1 aromatic carbocycles. The fraction of sp³-hybridized carbons (Fsp3) is 0.200. The number of benzene rings is 1. The first-order valence-corrected chi connectivity index (χ1v) is 10.3. The largest absolute Gasteiger partial charge is 0.361 e. The molecule has 0 bridgehead atoms. The van der Waals surface area contributed by atoms with Crippen LogP contribution in [-0.4, -0.2) is 9.97 Å². The van der Waals surface area contributed by atoms with Gasteiger partial charge in [-0.1, -0.05) is 13.8 Å². The van der Waals surface area contributed by atoms with E-state index in [1.807, 2.05) is 6.20 Å². The maximum atomic E-state index is 9.67. The van der Waals surface area contributed by atoms with Gasteiger partial charge in [-0.2, -0.15) is 5.26 Å². The number of nitrogens with one attached hydrogen (secondary N) is 2. The fourth-order valence-corrected chi connectivity index (χ4v) is 5.90. The highest BCUT2D eigenvalue weighted by Gasteiger charge is 2.20. The maximum Gasteiger partial charge on any atom is 0.126 e. The molecule has 4 rings (SSSR count). The zero-order valence-corrected chi connectivity index (χ0v) is 17.6. The van der Waals surface area contributed by atoms with Gasteiger partial charge < -0.3 is 10.3 Å². The number of thiophene rings is 1. The average Bonchev–Trinajstić information content (AvgIpc) is 3.21. The van der Waals surface area contributed by atoms with Crippen molar-refractivity contribution in [2.24, 2.45) is 0 Å². The zero-order valence-electron chi connectivity index (χ0n) is 14.6. The molecule has 0 aliphatic heterocycles. The molecule has 0 aliphatic carbocycles. The first-order chi connectivity index (χ1) is 12.5. The number of anilines is 2. The van der Waals surface area contributed by atoms with E-state index in [4.69, 9.17) is 0 Å². The van der Waals surface area contributed by atoms with Crippen LogP contribution in [0.1, 0.15) is 36.5 Å². The van der Waals surface area contributed by atoms with E-state index in [-0.39, 0.29) is 0 Å². The van der Waals surface area contributed by atoms with Crippen molar-refractivity contribution in [1.29, 1.82) is 5.26 Å². The Labute approximate surface area is 169 Å². The molecule has 4 nitrogen and oxygen atoms in total. The quantitative estimate of drug-likeness (QED) is 0.338. The van der Waals surface area contributed by atoms with Crippen LogP contribution >= 0.6 is 33.9 Å². The summed E-state index contributed by atoms with van der Waals surface area (Å²) in [6.45, 7) is 6.47. The Bertz CT molecular complexity index is 1180. The van der Waals surface area contributed by atoms with Crippen LogP contribution in [-0.2, 0) is 0 Å². The standard InChI is InChI=1S/C20H17IN4S/c1-10(2)16-17-18(12(8-22)9-24-20(17)26-19(16)21)25-14-4-5-15-13(11(14)3)6-7-23-15/h4-7,9-10,23H,1-3H3,(H,24,25). The summed E-state index contributed by atoms with van der Waals surface area (Å²) in [5.74, 6) is 0.361. The Balaban J connectivity index is 1.97. The molecular weight excluding hydrogens is 455 g/mol. The van der Waals surface area contributed by atoms with Gasteiger partial charge in [-0.3, -0.25) is 0 Å². The van der Waals surface area contributed by atoms with E-state index in [9.17, 15) is 5.26 Å². The molecule has 0 fully saturated rings. The SMILES string of the molecule is Cc1c(Nc2c(C#N)cnc3sc(I)c(C(C)C)c23)ccc2[nH]ccc12. The molecule has 0 aliphatic rings. The first kappa shape index (κ1) is 17.3. The molecule has 6 heteroatoms. The maximum absolute atomic E-state index is 9.67. The van der Waals surface area contributed by atoms with Crippen LogP contribution in [0.5, 0.6) is 0 Å². The lowest BCUT2D eigenvalue weighted by molar-refractivity contribution is 0.875. The molecule has 0 atom stereocenters. The molecule has 0 saturated carbocycles. The lowest BCUT2D eigenvalue weighted by Gasteiger charge is -2.15. The van der Waals surface area contributed by atoms with Crippen molar-refractivity contribution in [1.82, 2.24) is 9.97 Å². The van der Waals surface area contributed by atoms with Crippen LogP contribution < -0.4 is 5.32 Å². The van der Waals surface area contributed by atoms with Crippen molar-refractivity contribution >= 4 is 66.4 Å². The van der Waals surface area contributed by atoms with Gasteiger partial charge in [-0.05, 0) is 64.8 Å².